The predicted molar refractivity (Wildman–Crippen MR) is 288 cm³/mol. The van der Waals surface area contributed by atoms with Crippen molar-refractivity contribution in [3.05, 3.63) is 97.2 Å². The summed E-state index contributed by atoms with van der Waals surface area (Å²) < 4.78 is 39.3. The van der Waals surface area contributed by atoms with Crippen LogP contribution in [-0.2, 0) is 42.2 Å². The zero-order valence-electron chi connectivity index (χ0n) is 43.9. The van der Waals surface area contributed by atoms with Crippen LogP contribution in [0.2, 0.25) is 0 Å². The first-order valence-corrected chi connectivity index (χ1v) is 28.6. The van der Waals surface area contributed by atoms with Crippen LogP contribution in [0.25, 0.3) is 0 Å². The van der Waals surface area contributed by atoms with Crippen LogP contribution >= 0.6 is 7.82 Å². The Labute approximate surface area is 425 Å². The molecular formula is C58H97O11P. The van der Waals surface area contributed by atoms with Gasteiger partial charge in [-0.3, -0.25) is 23.4 Å². The zero-order valence-corrected chi connectivity index (χ0v) is 44.8. The Hall–Kier alpha value is -3.60. The molecule has 70 heavy (non-hydrogen) atoms. The van der Waals surface area contributed by atoms with Crippen molar-refractivity contribution in [1.82, 2.24) is 0 Å². The molecule has 0 saturated heterocycles. The third kappa shape index (κ3) is 49.4. The first kappa shape index (κ1) is 66.4. The van der Waals surface area contributed by atoms with E-state index >= 15 is 0 Å². The number of carbonyl (C=O) groups is 3. The van der Waals surface area contributed by atoms with Crippen LogP contribution in [-0.4, -0.2) is 66.5 Å². The Morgan fingerprint density at radius 2 is 0.814 bits per heavy atom. The number of ether oxygens (including phenoxy) is 3. The maximum Gasteiger partial charge on any atom is 0.472 e. The third-order valence-corrected chi connectivity index (χ3v) is 11.9. The van der Waals surface area contributed by atoms with E-state index < -0.39 is 64.4 Å². The molecule has 12 heteroatoms. The lowest BCUT2D eigenvalue weighted by Crippen LogP contribution is -2.30. The fourth-order valence-corrected chi connectivity index (χ4v) is 7.66. The molecule has 0 saturated carbocycles. The molecule has 0 aliphatic rings. The molecule has 0 aromatic heterocycles. The van der Waals surface area contributed by atoms with E-state index in [4.69, 9.17) is 23.3 Å². The van der Waals surface area contributed by atoms with Crippen LogP contribution in [0.15, 0.2) is 97.2 Å². The molecule has 0 heterocycles. The van der Waals surface area contributed by atoms with Crippen LogP contribution in [0.4, 0.5) is 0 Å². The number of aliphatic hydroxyl groups excluding tert-OH is 1. The average molecular weight is 1000 g/mol. The average Bonchev–Trinajstić information content (AvgIpc) is 3.35. The van der Waals surface area contributed by atoms with Crippen molar-refractivity contribution in [3.63, 3.8) is 0 Å². The standard InChI is InChI=1S/C58H97O11P/c1-4-7-10-13-16-19-22-25-27-30-32-35-38-41-44-47-56(60)65-51-55(69-58(62)49-46-43-40-37-34-31-28-26-23-20-17-14-11-8-5-2)53-67-70(63,64)66-52-54(50-59)68-57(61)48-45-42-39-36-33-29-24-21-18-15-12-9-6-3/h7,10,12,15-16,19,21,24-28,32,35,41,44,54-55,59H,4-6,8-9,11,13-14,17-18,20,22-23,29-31,33-34,36-40,42-43,45-53H2,1-3H3,(H,63,64)/b10-7-,15-12-,19-16-,24-21-,27-25-,28-26-,35-32-,44-41-. The summed E-state index contributed by atoms with van der Waals surface area (Å²) in [6, 6.07) is 0. The molecule has 0 rings (SSSR count). The highest BCUT2D eigenvalue weighted by Crippen LogP contribution is 2.43. The number of unbranched alkanes of at least 4 members (excludes halogenated alkanes) is 17. The van der Waals surface area contributed by atoms with Gasteiger partial charge in [0.15, 0.2) is 6.10 Å². The topological polar surface area (TPSA) is 155 Å². The van der Waals surface area contributed by atoms with E-state index in [9.17, 15) is 28.9 Å². The summed E-state index contributed by atoms with van der Waals surface area (Å²) in [5, 5.41) is 9.78. The fraction of sp³-hybridized carbons (Fsp3) is 0.672. The third-order valence-electron chi connectivity index (χ3n) is 11.0. The molecule has 0 radical (unpaired) electrons. The van der Waals surface area contributed by atoms with Gasteiger partial charge in [-0.05, 0) is 96.3 Å². The second kappa shape index (κ2) is 51.7. The van der Waals surface area contributed by atoms with Gasteiger partial charge in [0.25, 0.3) is 0 Å². The van der Waals surface area contributed by atoms with Gasteiger partial charge in [0, 0.05) is 12.8 Å². The first-order valence-electron chi connectivity index (χ1n) is 27.1. The van der Waals surface area contributed by atoms with Gasteiger partial charge in [-0.25, -0.2) is 4.57 Å². The molecule has 0 aliphatic heterocycles. The SMILES string of the molecule is CC/C=C\C/C=C\C/C=C\C/C=C\C/C=C\CC(=O)OCC(COP(=O)(O)OCC(CO)OC(=O)CCCCCCC/C=C\C/C=C\CCC)OC(=O)CCCCCCC/C=C\CCCCCCCC. The largest absolute Gasteiger partial charge is 0.472 e. The molecule has 3 atom stereocenters. The van der Waals surface area contributed by atoms with Gasteiger partial charge in [-0.1, -0.05) is 195 Å². The number of hydrogen-bond donors (Lipinski definition) is 2. The molecule has 0 spiro atoms. The van der Waals surface area contributed by atoms with E-state index in [1.807, 2.05) is 12.2 Å². The molecule has 0 aliphatic carbocycles. The van der Waals surface area contributed by atoms with Gasteiger partial charge >= 0.3 is 25.7 Å². The van der Waals surface area contributed by atoms with Crippen molar-refractivity contribution in [2.24, 2.45) is 0 Å². The molecule has 0 aromatic rings. The van der Waals surface area contributed by atoms with E-state index in [0.717, 1.165) is 116 Å². The number of hydrogen-bond acceptors (Lipinski definition) is 10. The molecule has 2 N–H and O–H groups in total. The summed E-state index contributed by atoms with van der Waals surface area (Å²) >= 11 is 0. The first-order chi connectivity index (χ1) is 34.2. The van der Waals surface area contributed by atoms with Crippen LogP contribution in [0.3, 0.4) is 0 Å². The second-order valence-electron chi connectivity index (χ2n) is 17.7. The number of phosphoric acid groups is 1. The monoisotopic (exact) mass is 1000 g/mol. The highest BCUT2D eigenvalue weighted by molar-refractivity contribution is 7.47. The minimum absolute atomic E-state index is 0.0116. The number of aliphatic hydroxyl groups is 1. The maximum absolute atomic E-state index is 12.9. The Morgan fingerprint density at radius 1 is 0.429 bits per heavy atom. The van der Waals surface area contributed by atoms with Crippen molar-refractivity contribution in [2.45, 2.75) is 226 Å². The molecule has 11 nitrogen and oxygen atoms in total. The van der Waals surface area contributed by atoms with Gasteiger partial charge in [-0.2, -0.15) is 0 Å². The van der Waals surface area contributed by atoms with Gasteiger partial charge < -0.3 is 24.2 Å². The predicted octanol–water partition coefficient (Wildman–Crippen LogP) is 15.7. The molecule has 0 amide bonds. The van der Waals surface area contributed by atoms with Crippen molar-refractivity contribution < 1.29 is 52.2 Å². The lowest BCUT2D eigenvalue weighted by Gasteiger charge is -2.21. The summed E-state index contributed by atoms with van der Waals surface area (Å²) in [6.45, 7) is 4.30. The van der Waals surface area contributed by atoms with Gasteiger partial charge in [0.2, 0.25) is 0 Å². The Kier molecular flexibility index (Phi) is 49.1. The lowest BCUT2D eigenvalue weighted by atomic mass is 10.1. The van der Waals surface area contributed by atoms with Crippen molar-refractivity contribution in [2.75, 3.05) is 26.4 Å². The van der Waals surface area contributed by atoms with E-state index in [1.165, 1.54) is 38.5 Å². The fourth-order valence-electron chi connectivity index (χ4n) is 6.87. The zero-order chi connectivity index (χ0) is 51.3. The lowest BCUT2D eigenvalue weighted by molar-refractivity contribution is -0.161. The highest BCUT2D eigenvalue weighted by atomic mass is 31.2. The number of rotatable bonds is 49. The molecule has 400 valence electrons. The van der Waals surface area contributed by atoms with Crippen molar-refractivity contribution in [1.29, 1.82) is 0 Å². The van der Waals surface area contributed by atoms with Gasteiger partial charge in [0.05, 0.1) is 26.2 Å². The van der Waals surface area contributed by atoms with Crippen LogP contribution in [0.5, 0.6) is 0 Å². The quantitative estimate of drug-likeness (QED) is 0.0197. The number of esters is 3. The van der Waals surface area contributed by atoms with Crippen LogP contribution < -0.4 is 0 Å². The van der Waals surface area contributed by atoms with Crippen LogP contribution in [0, 0.1) is 0 Å². The Balaban J connectivity index is 4.88. The van der Waals surface area contributed by atoms with E-state index in [1.54, 1.807) is 6.08 Å². The summed E-state index contributed by atoms with van der Waals surface area (Å²) in [6.07, 6.45) is 59.7. The Morgan fingerprint density at radius 3 is 1.29 bits per heavy atom. The maximum atomic E-state index is 12.9. The minimum atomic E-state index is -4.77. The molecule has 0 aromatic carbocycles. The number of allylic oxidation sites excluding steroid dienone is 15. The van der Waals surface area contributed by atoms with E-state index in [2.05, 4.69) is 99.8 Å². The summed E-state index contributed by atoms with van der Waals surface area (Å²) in [7, 11) is -4.77. The van der Waals surface area contributed by atoms with Crippen LogP contribution in [0.1, 0.15) is 213 Å². The smallest absolute Gasteiger partial charge is 0.461 e. The molecular weight excluding hydrogens is 904 g/mol. The number of carbonyl (C=O) groups excluding carboxylic acids is 3. The summed E-state index contributed by atoms with van der Waals surface area (Å²) in [5.74, 6) is -1.65. The van der Waals surface area contributed by atoms with Crippen molar-refractivity contribution >= 4 is 25.7 Å². The van der Waals surface area contributed by atoms with E-state index in [-0.39, 0.29) is 19.3 Å². The Bertz CT molecular complexity index is 1540. The van der Waals surface area contributed by atoms with Crippen molar-refractivity contribution in [3.8, 4) is 0 Å². The minimum Gasteiger partial charge on any atom is -0.461 e. The van der Waals surface area contributed by atoms with Gasteiger partial charge in [0.1, 0.15) is 12.7 Å². The summed E-state index contributed by atoms with van der Waals surface area (Å²) in [5.41, 5.74) is 0. The molecule has 0 fully saturated rings. The van der Waals surface area contributed by atoms with E-state index in [0.29, 0.717) is 19.3 Å². The number of phosphoric ester groups is 1. The summed E-state index contributed by atoms with van der Waals surface area (Å²) in [4.78, 5) is 48.3. The second-order valence-corrected chi connectivity index (χ2v) is 19.1. The van der Waals surface area contributed by atoms with Gasteiger partial charge in [-0.15, -0.1) is 0 Å². The highest BCUT2D eigenvalue weighted by Gasteiger charge is 2.28. The normalized spacial score (nSPS) is 14.2. The molecule has 3 unspecified atom stereocenters. The molecule has 0 bridgehead atoms.